The Morgan fingerprint density at radius 1 is 1.30 bits per heavy atom. The van der Waals surface area contributed by atoms with Gasteiger partial charge in [0.05, 0.1) is 0 Å². The van der Waals surface area contributed by atoms with Crippen molar-refractivity contribution in [1.82, 2.24) is 15.3 Å². The normalized spacial score (nSPS) is 13.0. The first kappa shape index (κ1) is 12.5. The number of imidazole rings is 1. The smallest absolute Gasteiger partial charge is 0.251 e. The maximum Gasteiger partial charge on any atom is 0.251 e. The highest BCUT2D eigenvalue weighted by molar-refractivity contribution is 5.94. The largest absolute Gasteiger partial charge is 0.486 e. The average molecular weight is 273 g/mol. The number of hydrogen-bond donors (Lipinski definition) is 2. The molecule has 0 atom stereocenters. The molecule has 2 heterocycles. The lowest BCUT2D eigenvalue weighted by Crippen LogP contribution is -2.26. The molecule has 0 radical (unpaired) electrons. The molecular formula is C14H15N3O3. The van der Waals surface area contributed by atoms with Crippen molar-refractivity contribution < 1.29 is 14.3 Å². The van der Waals surface area contributed by atoms with Gasteiger partial charge in [-0.15, -0.1) is 0 Å². The molecular weight excluding hydrogens is 258 g/mol. The van der Waals surface area contributed by atoms with E-state index in [-0.39, 0.29) is 5.91 Å². The molecule has 1 aromatic heterocycles. The third-order valence-electron chi connectivity index (χ3n) is 3.01. The van der Waals surface area contributed by atoms with E-state index in [2.05, 4.69) is 15.3 Å². The summed E-state index contributed by atoms with van der Waals surface area (Å²) >= 11 is 0. The maximum absolute atomic E-state index is 12.0. The van der Waals surface area contributed by atoms with Crippen LogP contribution in [0, 0.1) is 0 Å². The van der Waals surface area contributed by atoms with E-state index in [0.29, 0.717) is 43.2 Å². The molecule has 0 saturated carbocycles. The number of nitrogens with zero attached hydrogens (tertiary/aromatic N) is 1. The van der Waals surface area contributed by atoms with Crippen molar-refractivity contribution >= 4 is 5.91 Å². The van der Waals surface area contributed by atoms with E-state index in [9.17, 15) is 4.79 Å². The highest BCUT2D eigenvalue weighted by atomic mass is 16.6. The minimum Gasteiger partial charge on any atom is -0.486 e. The molecule has 0 bridgehead atoms. The van der Waals surface area contributed by atoms with Crippen LogP contribution in [0.3, 0.4) is 0 Å². The number of hydrogen-bond acceptors (Lipinski definition) is 4. The molecule has 0 unspecified atom stereocenters. The summed E-state index contributed by atoms with van der Waals surface area (Å²) in [4.78, 5) is 19.1. The van der Waals surface area contributed by atoms with Gasteiger partial charge in [0.25, 0.3) is 5.91 Å². The number of amides is 1. The zero-order chi connectivity index (χ0) is 13.8. The molecule has 3 rings (SSSR count). The van der Waals surface area contributed by atoms with E-state index >= 15 is 0 Å². The van der Waals surface area contributed by atoms with Crippen LogP contribution in [-0.4, -0.2) is 35.6 Å². The average Bonchev–Trinajstić information content (AvgIpc) is 3.00. The molecule has 0 aliphatic carbocycles. The number of carbonyl (C=O) groups excluding carboxylic acids is 1. The molecule has 6 nitrogen and oxygen atoms in total. The number of rotatable bonds is 4. The second-order valence-electron chi connectivity index (χ2n) is 4.40. The standard InChI is InChI=1S/C14H15N3O3/c18-14(17-4-3-13-15-5-6-16-13)10-1-2-11-12(9-10)20-8-7-19-11/h1-2,5-6,9H,3-4,7-8H2,(H,15,16)(H,17,18). The van der Waals surface area contributed by atoms with Crippen molar-refractivity contribution in [2.75, 3.05) is 19.8 Å². The van der Waals surface area contributed by atoms with Gasteiger partial charge in [-0.1, -0.05) is 0 Å². The highest BCUT2D eigenvalue weighted by Gasteiger charge is 2.14. The van der Waals surface area contributed by atoms with Crippen molar-refractivity contribution in [3.8, 4) is 11.5 Å². The van der Waals surface area contributed by atoms with Gasteiger partial charge < -0.3 is 19.8 Å². The van der Waals surface area contributed by atoms with Crippen molar-refractivity contribution in [3.63, 3.8) is 0 Å². The molecule has 104 valence electrons. The van der Waals surface area contributed by atoms with Gasteiger partial charge in [0.1, 0.15) is 19.0 Å². The van der Waals surface area contributed by atoms with Crippen molar-refractivity contribution in [2.45, 2.75) is 6.42 Å². The van der Waals surface area contributed by atoms with Gasteiger partial charge in [-0.25, -0.2) is 4.98 Å². The first-order valence-corrected chi connectivity index (χ1v) is 6.49. The zero-order valence-electron chi connectivity index (χ0n) is 10.9. The Hall–Kier alpha value is -2.50. The quantitative estimate of drug-likeness (QED) is 0.876. The SMILES string of the molecule is O=C(NCCc1ncc[nH]1)c1ccc2c(c1)OCCO2. The Morgan fingerprint density at radius 2 is 2.15 bits per heavy atom. The Labute approximate surface area is 116 Å². The topological polar surface area (TPSA) is 76.2 Å². The fourth-order valence-corrected chi connectivity index (χ4v) is 2.02. The van der Waals surface area contributed by atoms with Crippen molar-refractivity contribution in [3.05, 3.63) is 42.0 Å². The van der Waals surface area contributed by atoms with Gasteiger partial charge in [0.15, 0.2) is 11.5 Å². The van der Waals surface area contributed by atoms with Crippen molar-refractivity contribution in [1.29, 1.82) is 0 Å². The first-order chi connectivity index (χ1) is 9.83. The summed E-state index contributed by atoms with van der Waals surface area (Å²) in [5, 5.41) is 2.85. The number of nitrogens with one attached hydrogen (secondary N) is 2. The maximum atomic E-state index is 12.0. The molecule has 1 amide bonds. The summed E-state index contributed by atoms with van der Waals surface area (Å²) in [5.41, 5.74) is 0.564. The number of H-pyrrole nitrogens is 1. The zero-order valence-corrected chi connectivity index (χ0v) is 10.9. The lowest BCUT2D eigenvalue weighted by atomic mass is 10.2. The minimum absolute atomic E-state index is 0.131. The molecule has 0 spiro atoms. The Bertz CT molecular complexity index is 596. The molecule has 0 fully saturated rings. The van der Waals surface area contributed by atoms with Gasteiger partial charge in [-0.3, -0.25) is 4.79 Å². The Kier molecular flexibility index (Phi) is 3.54. The van der Waals surface area contributed by atoms with E-state index in [1.165, 1.54) is 0 Å². The number of benzene rings is 1. The third-order valence-corrected chi connectivity index (χ3v) is 3.01. The summed E-state index contributed by atoms with van der Waals surface area (Å²) in [6.07, 6.45) is 4.12. The fraction of sp³-hybridized carbons (Fsp3) is 0.286. The van der Waals surface area contributed by atoms with Crippen LogP contribution in [0.5, 0.6) is 11.5 Å². The van der Waals surface area contributed by atoms with Crippen LogP contribution in [0.4, 0.5) is 0 Å². The Balaban J connectivity index is 1.59. The van der Waals surface area contributed by atoms with Crippen LogP contribution < -0.4 is 14.8 Å². The van der Waals surface area contributed by atoms with Crippen LogP contribution in [0.2, 0.25) is 0 Å². The lowest BCUT2D eigenvalue weighted by molar-refractivity contribution is 0.0952. The van der Waals surface area contributed by atoms with Gasteiger partial charge in [-0.05, 0) is 18.2 Å². The van der Waals surface area contributed by atoms with Crippen LogP contribution in [0.15, 0.2) is 30.6 Å². The third kappa shape index (κ3) is 2.74. The second kappa shape index (κ2) is 5.64. The lowest BCUT2D eigenvalue weighted by Gasteiger charge is -2.18. The fourth-order valence-electron chi connectivity index (χ4n) is 2.02. The summed E-state index contributed by atoms with van der Waals surface area (Å²) in [6, 6.07) is 5.20. The molecule has 6 heteroatoms. The summed E-state index contributed by atoms with van der Waals surface area (Å²) in [6.45, 7) is 1.58. The second-order valence-corrected chi connectivity index (χ2v) is 4.40. The number of carbonyl (C=O) groups is 1. The Morgan fingerprint density at radius 3 is 2.95 bits per heavy atom. The van der Waals surface area contributed by atoms with Gasteiger partial charge in [0.2, 0.25) is 0 Å². The van der Waals surface area contributed by atoms with E-state index in [1.54, 1.807) is 30.6 Å². The van der Waals surface area contributed by atoms with Gasteiger partial charge in [0, 0.05) is 30.9 Å². The number of ether oxygens (including phenoxy) is 2. The van der Waals surface area contributed by atoms with Crippen LogP contribution in [-0.2, 0) is 6.42 Å². The number of aromatic amines is 1. The monoisotopic (exact) mass is 273 g/mol. The molecule has 1 aliphatic rings. The molecule has 2 N–H and O–H groups in total. The van der Waals surface area contributed by atoms with Gasteiger partial charge in [-0.2, -0.15) is 0 Å². The van der Waals surface area contributed by atoms with E-state index in [4.69, 9.17) is 9.47 Å². The first-order valence-electron chi connectivity index (χ1n) is 6.49. The summed E-state index contributed by atoms with van der Waals surface area (Å²) < 4.78 is 10.9. The van der Waals surface area contributed by atoms with Crippen LogP contribution in [0.1, 0.15) is 16.2 Å². The molecule has 0 saturated heterocycles. The summed E-state index contributed by atoms with van der Waals surface area (Å²) in [7, 11) is 0. The molecule has 2 aromatic rings. The highest BCUT2D eigenvalue weighted by Crippen LogP contribution is 2.30. The van der Waals surface area contributed by atoms with E-state index in [1.807, 2.05) is 0 Å². The molecule has 1 aromatic carbocycles. The van der Waals surface area contributed by atoms with Gasteiger partial charge >= 0.3 is 0 Å². The van der Waals surface area contributed by atoms with Crippen molar-refractivity contribution in [2.24, 2.45) is 0 Å². The van der Waals surface area contributed by atoms with Crippen LogP contribution in [0.25, 0.3) is 0 Å². The van der Waals surface area contributed by atoms with Crippen LogP contribution >= 0.6 is 0 Å². The summed E-state index contributed by atoms with van der Waals surface area (Å²) in [5.74, 6) is 2.03. The number of fused-ring (bicyclic) bond motifs is 1. The number of aromatic nitrogens is 2. The predicted octanol–water partition coefficient (Wildman–Crippen LogP) is 1.15. The predicted molar refractivity (Wildman–Crippen MR) is 72.1 cm³/mol. The molecule has 20 heavy (non-hydrogen) atoms. The van der Waals surface area contributed by atoms with E-state index in [0.717, 1.165) is 5.82 Å². The minimum atomic E-state index is -0.131. The molecule has 1 aliphatic heterocycles. The van der Waals surface area contributed by atoms with E-state index < -0.39 is 0 Å².